The highest BCUT2D eigenvalue weighted by atomic mass is 32.2. The van der Waals surface area contributed by atoms with Crippen molar-refractivity contribution in [3.05, 3.63) is 65.7 Å². The molecule has 2 aromatic carbocycles. The van der Waals surface area contributed by atoms with Crippen molar-refractivity contribution >= 4 is 36.0 Å². The van der Waals surface area contributed by atoms with Gasteiger partial charge in [0, 0.05) is 5.75 Å². The summed E-state index contributed by atoms with van der Waals surface area (Å²) in [5.74, 6) is 0.741. The minimum absolute atomic E-state index is 0.315. The first-order chi connectivity index (χ1) is 13.1. The number of amidine groups is 1. The number of hydrogen-bond acceptors (Lipinski definition) is 6. The molecule has 0 amide bonds. The summed E-state index contributed by atoms with van der Waals surface area (Å²) in [7, 11) is -3.27. The zero-order valence-corrected chi connectivity index (χ0v) is 17.2. The second kappa shape index (κ2) is 11.0. The Balaban J connectivity index is 1.95. The first-order valence-corrected chi connectivity index (χ1v) is 11.1. The van der Waals surface area contributed by atoms with E-state index in [9.17, 15) is 4.57 Å². The van der Waals surface area contributed by atoms with Crippen LogP contribution in [0.1, 0.15) is 25.0 Å². The first kappa shape index (κ1) is 21.4. The molecule has 0 aliphatic rings. The second-order valence-electron chi connectivity index (χ2n) is 5.38. The molecule has 8 heteroatoms. The van der Waals surface area contributed by atoms with Gasteiger partial charge in [0.15, 0.2) is 5.17 Å². The van der Waals surface area contributed by atoms with E-state index in [1.807, 2.05) is 30.3 Å². The van der Waals surface area contributed by atoms with Gasteiger partial charge in [0.05, 0.1) is 24.7 Å². The molecule has 0 heterocycles. The maximum atomic E-state index is 12.7. The minimum Gasteiger partial charge on any atom is -0.377 e. The zero-order valence-electron chi connectivity index (χ0n) is 15.4. The summed E-state index contributed by atoms with van der Waals surface area (Å²) in [4.78, 5) is 0. The van der Waals surface area contributed by atoms with Gasteiger partial charge in [-0.2, -0.15) is 5.10 Å². The molecular weight excluding hydrogens is 381 g/mol. The van der Waals surface area contributed by atoms with Crippen LogP contribution in [0.25, 0.3) is 0 Å². The van der Waals surface area contributed by atoms with Gasteiger partial charge in [-0.15, -0.1) is 5.10 Å². The molecule has 144 valence electrons. The van der Waals surface area contributed by atoms with Gasteiger partial charge in [-0.05, 0) is 37.1 Å². The summed E-state index contributed by atoms with van der Waals surface area (Å²) in [5.41, 5.74) is 7.85. The molecule has 2 rings (SSSR count). The van der Waals surface area contributed by atoms with Gasteiger partial charge in [0.2, 0.25) is 0 Å². The molecule has 0 atom stereocenters. The minimum atomic E-state index is -3.27. The van der Waals surface area contributed by atoms with Crippen LogP contribution in [-0.2, 0) is 19.4 Å². The molecule has 2 N–H and O–H groups in total. The Hall–Kier alpha value is -1.92. The van der Waals surface area contributed by atoms with Crippen LogP contribution in [0.3, 0.4) is 0 Å². The number of nitrogens with zero attached hydrogens (tertiary/aromatic N) is 2. The second-order valence-corrected chi connectivity index (χ2v) is 8.40. The molecule has 0 unspecified atom stereocenters. The van der Waals surface area contributed by atoms with Gasteiger partial charge in [0.25, 0.3) is 0 Å². The summed E-state index contributed by atoms with van der Waals surface area (Å²) in [6, 6.07) is 17.0. The molecule has 0 saturated heterocycles. The molecule has 0 bridgehead atoms. The Morgan fingerprint density at radius 2 is 1.70 bits per heavy atom. The quantitative estimate of drug-likeness (QED) is 0.293. The van der Waals surface area contributed by atoms with Crippen molar-refractivity contribution in [2.75, 3.05) is 13.2 Å². The van der Waals surface area contributed by atoms with Crippen molar-refractivity contribution in [2.45, 2.75) is 19.6 Å². The average Bonchev–Trinajstić information content (AvgIpc) is 2.68. The lowest BCUT2D eigenvalue weighted by molar-refractivity contribution is 0.230. The van der Waals surface area contributed by atoms with E-state index in [4.69, 9.17) is 14.8 Å². The van der Waals surface area contributed by atoms with E-state index in [-0.39, 0.29) is 0 Å². The standard InChI is InChI=1S/C19H24N3O3PS/c1-3-24-26(23,25-4-2)18-12-10-16(11-13-18)14-21-22-19(20)27-15-17-8-6-5-7-9-17/h5-14H,3-4,15H2,1-2H3,(H2,20,22). The van der Waals surface area contributed by atoms with Crippen LogP contribution >= 0.6 is 19.4 Å². The van der Waals surface area contributed by atoms with Crippen LogP contribution in [-0.4, -0.2) is 24.6 Å². The van der Waals surface area contributed by atoms with Crippen LogP contribution in [0.4, 0.5) is 0 Å². The van der Waals surface area contributed by atoms with Crippen molar-refractivity contribution in [3.8, 4) is 0 Å². The molecule has 27 heavy (non-hydrogen) atoms. The fourth-order valence-electron chi connectivity index (χ4n) is 2.18. The van der Waals surface area contributed by atoms with E-state index in [0.717, 1.165) is 11.3 Å². The molecule has 0 saturated carbocycles. The monoisotopic (exact) mass is 405 g/mol. The predicted molar refractivity (Wildman–Crippen MR) is 114 cm³/mol. The molecule has 0 aromatic heterocycles. The van der Waals surface area contributed by atoms with Gasteiger partial charge < -0.3 is 14.8 Å². The maximum Gasteiger partial charge on any atom is 0.361 e. The fourth-order valence-corrected chi connectivity index (χ4v) is 4.36. The number of rotatable bonds is 9. The number of benzene rings is 2. The Bertz CT molecular complexity index is 801. The van der Waals surface area contributed by atoms with Crippen molar-refractivity contribution in [1.29, 1.82) is 0 Å². The molecule has 0 aliphatic carbocycles. The Kier molecular flexibility index (Phi) is 8.75. The van der Waals surface area contributed by atoms with E-state index in [0.29, 0.717) is 23.7 Å². The SMILES string of the molecule is CCOP(=O)(OCC)c1ccc(C=NN=C(N)SCc2ccccc2)cc1. The van der Waals surface area contributed by atoms with Crippen LogP contribution in [0.5, 0.6) is 0 Å². The Labute approximate surface area is 164 Å². The highest BCUT2D eigenvalue weighted by Gasteiger charge is 2.26. The third-order valence-corrected chi connectivity index (χ3v) is 6.38. The normalized spacial score (nSPS) is 12.6. The molecule has 0 spiro atoms. The Morgan fingerprint density at radius 3 is 2.30 bits per heavy atom. The van der Waals surface area contributed by atoms with Crippen LogP contribution in [0.2, 0.25) is 0 Å². The highest BCUT2D eigenvalue weighted by molar-refractivity contribution is 8.13. The van der Waals surface area contributed by atoms with Crippen LogP contribution in [0, 0.1) is 0 Å². The zero-order chi connectivity index (χ0) is 19.5. The number of thioether (sulfide) groups is 1. The van der Waals surface area contributed by atoms with Crippen LogP contribution in [0.15, 0.2) is 64.8 Å². The third-order valence-electron chi connectivity index (χ3n) is 3.40. The van der Waals surface area contributed by atoms with Gasteiger partial charge in [-0.3, -0.25) is 4.57 Å². The lowest BCUT2D eigenvalue weighted by Gasteiger charge is -2.16. The topological polar surface area (TPSA) is 86.3 Å². The van der Waals surface area contributed by atoms with E-state index in [1.54, 1.807) is 44.3 Å². The summed E-state index contributed by atoms with van der Waals surface area (Å²) in [6.07, 6.45) is 1.59. The summed E-state index contributed by atoms with van der Waals surface area (Å²) >= 11 is 1.43. The van der Waals surface area contributed by atoms with Gasteiger partial charge >= 0.3 is 7.60 Å². The smallest absolute Gasteiger partial charge is 0.361 e. The fraction of sp³-hybridized carbons (Fsp3) is 0.263. The van der Waals surface area contributed by atoms with Gasteiger partial charge in [-0.25, -0.2) is 0 Å². The maximum absolute atomic E-state index is 12.7. The molecule has 0 fully saturated rings. The lowest BCUT2D eigenvalue weighted by atomic mass is 10.2. The molecular formula is C19H24N3O3PS. The molecule has 6 nitrogen and oxygen atoms in total. The lowest BCUT2D eigenvalue weighted by Crippen LogP contribution is -2.10. The van der Waals surface area contributed by atoms with Gasteiger partial charge in [0.1, 0.15) is 0 Å². The average molecular weight is 405 g/mol. The van der Waals surface area contributed by atoms with Crippen molar-refractivity contribution in [2.24, 2.45) is 15.9 Å². The van der Waals surface area contributed by atoms with Crippen molar-refractivity contribution < 1.29 is 13.6 Å². The highest BCUT2D eigenvalue weighted by Crippen LogP contribution is 2.46. The van der Waals surface area contributed by atoms with E-state index >= 15 is 0 Å². The Morgan fingerprint density at radius 1 is 1.07 bits per heavy atom. The van der Waals surface area contributed by atoms with Gasteiger partial charge in [-0.1, -0.05) is 54.2 Å². The molecule has 0 radical (unpaired) electrons. The summed E-state index contributed by atoms with van der Waals surface area (Å²) in [5, 5.41) is 8.90. The number of hydrogen-bond donors (Lipinski definition) is 1. The molecule has 2 aromatic rings. The van der Waals surface area contributed by atoms with E-state index < -0.39 is 7.60 Å². The van der Waals surface area contributed by atoms with Crippen LogP contribution < -0.4 is 11.0 Å². The summed E-state index contributed by atoms with van der Waals surface area (Å²) < 4.78 is 23.4. The largest absolute Gasteiger partial charge is 0.377 e. The van der Waals surface area contributed by atoms with Crippen molar-refractivity contribution in [1.82, 2.24) is 0 Å². The number of nitrogens with two attached hydrogens (primary N) is 1. The molecule has 0 aliphatic heterocycles. The van der Waals surface area contributed by atoms with Crippen molar-refractivity contribution in [3.63, 3.8) is 0 Å². The van der Waals surface area contributed by atoms with E-state index in [1.165, 1.54) is 17.3 Å². The summed E-state index contributed by atoms with van der Waals surface area (Å²) in [6.45, 7) is 4.19. The third kappa shape index (κ3) is 6.96. The van der Waals surface area contributed by atoms with E-state index in [2.05, 4.69) is 10.2 Å². The predicted octanol–water partition coefficient (Wildman–Crippen LogP) is 4.16. The first-order valence-electron chi connectivity index (χ1n) is 8.60.